The number of thioether (sulfide) groups is 1. The molecule has 0 bridgehead atoms. The molecule has 0 saturated carbocycles. The van der Waals surface area contributed by atoms with Crippen LogP contribution in [-0.4, -0.2) is 28.1 Å². The number of ether oxygens (including phenoxy) is 2. The normalized spacial score (nSPS) is 14.5. The van der Waals surface area contributed by atoms with Crippen LogP contribution in [0.3, 0.4) is 0 Å². The minimum Gasteiger partial charge on any atom is -0.493 e. The topological polar surface area (TPSA) is 99.0 Å². The number of amides is 2. The fourth-order valence-electron chi connectivity index (χ4n) is 3.59. The summed E-state index contributed by atoms with van der Waals surface area (Å²) in [4.78, 5) is 37.4. The molecule has 8 nitrogen and oxygen atoms in total. The van der Waals surface area contributed by atoms with Gasteiger partial charge in [-0.25, -0.2) is 0 Å². The maximum absolute atomic E-state index is 12.9. The third-order valence-corrected chi connectivity index (χ3v) is 6.21. The van der Waals surface area contributed by atoms with Crippen LogP contribution in [0.5, 0.6) is 11.5 Å². The minimum absolute atomic E-state index is 0.00948. The number of benzene rings is 3. The standard InChI is InChI=1S/C26H22N2O6S/c1-17-5-3-6-19(11-17)15-27-25(29)24(35-26(27)30)14-18-9-10-22(23(13-18)33-2)34-16-20-7-4-8-21(12-20)28(31)32/h3-14H,15-16H2,1-2H3/b24-14-. The molecule has 35 heavy (non-hydrogen) atoms. The SMILES string of the molecule is COc1cc(/C=C2\SC(=O)N(Cc3cccc(C)c3)C2=O)ccc1OCc1cccc([N+](=O)[O-])c1. The number of imide groups is 1. The largest absolute Gasteiger partial charge is 0.493 e. The van der Waals surface area contributed by atoms with E-state index in [1.54, 1.807) is 36.4 Å². The van der Waals surface area contributed by atoms with E-state index in [1.165, 1.54) is 24.1 Å². The molecule has 0 unspecified atom stereocenters. The van der Waals surface area contributed by atoms with Crippen LogP contribution in [0.4, 0.5) is 10.5 Å². The highest BCUT2D eigenvalue weighted by molar-refractivity contribution is 8.18. The number of methoxy groups -OCH3 is 1. The predicted octanol–water partition coefficient (Wildman–Crippen LogP) is 5.73. The van der Waals surface area contributed by atoms with Crippen molar-refractivity contribution in [3.63, 3.8) is 0 Å². The molecule has 2 amide bonds. The van der Waals surface area contributed by atoms with E-state index in [9.17, 15) is 19.7 Å². The molecule has 1 saturated heterocycles. The number of carbonyl (C=O) groups excluding carboxylic acids is 2. The number of nitro groups is 1. The van der Waals surface area contributed by atoms with Crippen LogP contribution in [0.15, 0.2) is 71.6 Å². The molecule has 3 aromatic rings. The smallest absolute Gasteiger partial charge is 0.293 e. The fraction of sp³-hybridized carbons (Fsp3) is 0.154. The summed E-state index contributed by atoms with van der Waals surface area (Å²) in [5.41, 5.74) is 3.26. The molecule has 3 aromatic carbocycles. The van der Waals surface area contributed by atoms with E-state index < -0.39 is 4.92 Å². The molecule has 0 radical (unpaired) electrons. The molecule has 1 aliphatic rings. The lowest BCUT2D eigenvalue weighted by molar-refractivity contribution is -0.384. The summed E-state index contributed by atoms with van der Waals surface area (Å²) in [6.07, 6.45) is 1.65. The molecule has 4 rings (SSSR count). The highest BCUT2D eigenvalue weighted by atomic mass is 32.2. The highest BCUT2D eigenvalue weighted by Gasteiger charge is 2.35. The molecule has 1 heterocycles. The van der Waals surface area contributed by atoms with Crippen LogP contribution in [-0.2, 0) is 17.9 Å². The van der Waals surface area contributed by atoms with Gasteiger partial charge in [0.15, 0.2) is 11.5 Å². The van der Waals surface area contributed by atoms with E-state index in [-0.39, 0.29) is 30.0 Å². The number of carbonyl (C=O) groups is 2. The van der Waals surface area contributed by atoms with Crippen molar-refractivity contribution < 1.29 is 24.0 Å². The molecule has 0 atom stereocenters. The summed E-state index contributed by atoms with van der Waals surface area (Å²) in [5.74, 6) is 0.540. The number of nitro benzene ring substituents is 1. The van der Waals surface area contributed by atoms with Gasteiger partial charge in [-0.05, 0) is 53.6 Å². The van der Waals surface area contributed by atoms with Crippen molar-refractivity contribution in [1.82, 2.24) is 4.90 Å². The quantitative estimate of drug-likeness (QED) is 0.226. The van der Waals surface area contributed by atoms with Gasteiger partial charge in [0, 0.05) is 12.1 Å². The van der Waals surface area contributed by atoms with Crippen molar-refractivity contribution in [1.29, 1.82) is 0 Å². The number of hydrogen-bond donors (Lipinski definition) is 0. The van der Waals surface area contributed by atoms with Gasteiger partial charge in [0.2, 0.25) is 0 Å². The van der Waals surface area contributed by atoms with Gasteiger partial charge < -0.3 is 9.47 Å². The summed E-state index contributed by atoms with van der Waals surface area (Å²) >= 11 is 0.900. The summed E-state index contributed by atoms with van der Waals surface area (Å²) in [7, 11) is 1.50. The van der Waals surface area contributed by atoms with Crippen LogP contribution in [0, 0.1) is 17.0 Å². The third-order valence-electron chi connectivity index (χ3n) is 5.30. The lowest BCUT2D eigenvalue weighted by atomic mass is 10.1. The Bertz CT molecular complexity index is 1340. The number of non-ortho nitro benzene ring substituents is 1. The molecule has 1 aliphatic heterocycles. The summed E-state index contributed by atoms with van der Waals surface area (Å²) in [5, 5.41) is 10.7. The first kappa shape index (κ1) is 24.0. The van der Waals surface area contributed by atoms with Crippen molar-refractivity contribution in [3.05, 3.63) is 104 Å². The van der Waals surface area contributed by atoms with Gasteiger partial charge in [0.05, 0.1) is 23.5 Å². The number of nitrogens with zero attached hydrogens (tertiary/aromatic N) is 2. The molecule has 178 valence electrons. The first-order chi connectivity index (χ1) is 16.8. The van der Waals surface area contributed by atoms with Gasteiger partial charge in [-0.3, -0.25) is 24.6 Å². The Labute approximate surface area is 206 Å². The van der Waals surface area contributed by atoms with Gasteiger partial charge in [-0.1, -0.05) is 48.0 Å². The molecule has 0 N–H and O–H groups in total. The van der Waals surface area contributed by atoms with Crippen LogP contribution in [0.25, 0.3) is 6.08 Å². The van der Waals surface area contributed by atoms with E-state index in [0.717, 1.165) is 22.9 Å². The number of hydrogen-bond acceptors (Lipinski definition) is 7. The van der Waals surface area contributed by atoms with Crippen LogP contribution >= 0.6 is 11.8 Å². The van der Waals surface area contributed by atoms with Crippen LogP contribution < -0.4 is 9.47 Å². The van der Waals surface area contributed by atoms with E-state index >= 15 is 0 Å². The molecule has 1 fully saturated rings. The Morgan fingerprint density at radius 2 is 1.77 bits per heavy atom. The highest BCUT2D eigenvalue weighted by Crippen LogP contribution is 2.35. The zero-order chi connectivity index (χ0) is 24.9. The lowest BCUT2D eigenvalue weighted by Gasteiger charge is -2.13. The Balaban J connectivity index is 1.48. The van der Waals surface area contributed by atoms with Crippen LogP contribution in [0.1, 0.15) is 22.3 Å². The van der Waals surface area contributed by atoms with Crippen molar-refractivity contribution in [2.45, 2.75) is 20.1 Å². The maximum atomic E-state index is 12.9. The van der Waals surface area contributed by atoms with Gasteiger partial charge in [-0.15, -0.1) is 0 Å². The Morgan fingerprint density at radius 3 is 2.51 bits per heavy atom. The second-order valence-electron chi connectivity index (χ2n) is 7.88. The zero-order valence-electron chi connectivity index (χ0n) is 19.1. The summed E-state index contributed by atoms with van der Waals surface area (Å²) in [6.45, 7) is 2.30. The molecule has 0 aliphatic carbocycles. The second kappa shape index (κ2) is 10.4. The van der Waals surface area contributed by atoms with E-state index in [1.807, 2.05) is 31.2 Å². The first-order valence-electron chi connectivity index (χ1n) is 10.7. The molecular weight excluding hydrogens is 468 g/mol. The Kier molecular flexibility index (Phi) is 7.17. The van der Waals surface area contributed by atoms with Crippen molar-refractivity contribution in [2.24, 2.45) is 0 Å². The summed E-state index contributed by atoms with van der Waals surface area (Å²) < 4.78 is 11.2. The number of rotatable bonds is 8. The molecule has 0 spiro atoms. The van der Waals surface area contributed by atoms with Gasteiger partial charge in [0.1, 0.15) is 6.61 Å². The second-order valence-corrected chi connectivity index (χ2v) is 8.88. The molecule has 0 aromatic heterocycles. The average Bonchev–Trinajstić information content (AvgIpc) is 3.10. The minimum atomic E-state index is -0.457. The molecular formula is C26H22N2O6S. The monoisotopic (exact) mass is 490 g/mol. The maximum Gasteiger partial charge on any atom is 0.293 e. The van der Waals surface area contributed by atoms with Crippen molar-refractivity contribution in [2.75, 3.05) is 7.11 Å². The van der Waals surface area contributed by atoms with Crippen LogP contribution in [0.2, 0.25) is 0 Å². The predicted molar refractivity (Wildman–Crippen MR) is 133 cm³/mol. The Hall–Kier alpha value is -4.11. The fourth-order valence-corrected chi connectivity index (χ4v) is 4.43. The number of aryl methyl sites for hydroxylation is 1. The Morgan fingerprint density at radius 1 is 1.00 bits per heavy atom. The van der Waals surface area contributed by atoms with Crippen molar-refractivity contribution >= 4 is 34.7 Å². The van der Waals surface area contributed by atoms with Gasteiger partial charge in [-0.2, -0.15) is 0 Å². The third kappa shape index (κ3) is 5.70. The van der Waals surface area contributed by atoms with E-state index in [4.69, 9.17) is 9.47 Å². The van der Waals surface area contributed by atoms with E-state index in [0.29, 0.717) is 27.5 Å². The van der Waals surface area contributed by atoms with Gasteiger partial charge >= 0.3 is 0 Å². The summed E-state index contributed by atoms with van der Waals surface area (Å²) in [6, 6.07) is 19.0. The van der Waals surface area contributed by atoms with Gasteiger partial charge in [0.25, 0.3) is 16.8 Å². The lowest BCUT2D eigenvalue weighted by Crippen LogP contribution is -2.27. The zero-order valence-corrected chi connectivity index (χ0v) is 19.9. The average molecular weight is 491 g/mol. The van der Waals surface area contributed by atoms with E-state index in [2.05, 4.69) is 0 Å². The van der Waals surface area contributed by atoms with Crippen molar-refractivity contribution in [3.8, 4) is 11.5 Å². The molecule has 9 heteroatoms. The first-order valence-corrected chi connectivity index (χ1v) is 11.5.